The van der Waals surface area contributed by atoms with E-state index in [1.54, 1.807) is 6.07 Å². The van der Waals surface area contributed by atoms with Gasteiger partial charge in [-0.3, -0.25) is 4.90 Å². The van der Waals surface area contributed by atoms with Crippen molar-refractivity contribution in [1.82, 2.24) is 10.2 Å². The first kappa shape index (κ1) is 12.5. The zero-order valence-electron chi connectivity index (χ0n) is 10.3. The minimum Gasteiger partial charge on any atom is -0.318 e. The van der Waals surface area contributed by atoms with E-state index in [1.165, 1.54) is 12.1 Å². The lowest BCUT2D eigenvalue weighted by atomic mass is 9.87. The Labute approximate surface area is 101 Å². The van der Waals surface area contributed by atoms with Crippen LogP contribution in [-0.2, 0) is 5.54 Å². The third-order valence-electron chi connectivity index (χ3n) is 3.74. The standard InChI is InChI=1S/C13H18F2N2/c1-16-9-13(6-3-7-17(13)2)10-4-5-11(14)12(15)8-10/h4-5,8,16H,3,6-7,9H2,1-2H3. The van der Waals surface area contributed by atoms with Crippen LogP contribution in [0, 0.1) is 11.6 Å². The molecule has 1 aromatic rings. The summed E-state index contributed by atoms with van der Waals surface area (Å²) in [6.07, 6.45) is 2.05. The molecule has 1 N–H and O–H groups in total. The van der Waals surface area contributed by atoms with Crippen LogP contribution in [0.4, 0.5) is 8.78 Å². The molecule has 2 nitrogen and oxygen atoms in total. The van der Waals surface area contributed by atoms with E-state index >= 15 is 0 Å². The van der Waals surface area contributed by atoms with Crippen molar-refractivity contribution in [3.05, 3.63) is 35.4 Å². The Bertz CT molecular complexity index is 408. The molecule has 1 heterocycles. The van der Waals surface area contributed by atoms with Gasteiger partial charge in [-0.25, -0.2) is 8.78 Å². The number of rotatable bonds is 3. The van der Waals surface area contributed by atoms with E-state index in [1.807, 2.05) is 14.1 Å². The van der Waals surface area contributed by atoms with Crippen LogP contribution in [0.5, 0.6) is 0 Å². The van der Waals surface area contributed by atoms with Crippen molar-refractivity contribution in [2.75, 3.05) is 27.2 Å². The van der Waals surface area contributed by atoms with Crippen LogP contribution in [0.15, 0.2) is 18.2 Å². The highest BCUT2D eigenvalue weighted by atomic mass is 19.2. The summed E-state index contributed by atoms with van der Waals surface area (Å²) < 4.78 is 26.3. The molecule has 94 valence electrons. The number of benzene rings is 1. The lowest BCUT2D eigenvalue weighted by molar-refractivity contribution is 0.172. The Hall–Kier alpha value is -1.00. The van der Waals surface area contributed by atoms with Crippen LogP contribution in [0.2, 0.25) is 0 Å². The van der Waals surface area contributed by atoms with Crippen LogP contribution >= 0.6 is 0 Å². The summed E-state index contributed by atoms with van der Waals surface area (Å²) in [4.78, 5) is 2.22. The van der Waals surface area contributed by atoms with Crippen molar-refractivity contribution >= 4 is 0 Å². The topological polar surface area (TPSA) is 15.3 Å². The van der Waals surface area contributed by atoms with Crippen molar-refractivity contribution in [2.24, 2.45) is 0 Å². The van der Waals surface area contributed by atoms with E-state index in [0.717, 1.165) is 31.5 Å². The third kappa shape index (κ3) is 2.07. The van der Waals surface area contributed by atoms with Crippen LogP contribution in [0.3, 0.4) is 0 Å². The molecule has 0 spiro atoms. The highest BCUT2D eigenvalue weighted by Gasteiger charge is 2.39. The van der Waals surface area contributed by atoms with Gasteiger partial charge in [0.05, 0.1) is 5.54 Å². The first-order chi connectivity index (χ1) is 8.10. The van der Waals surface area contributed by atoms with Gasteiger partial charge >= 0.3 is 0 Å². The summed E-state index contributed by atoms with van der Waals surface area (Å²) in [5, 5.41) is 3.16. The van der Waals surface area contributed by atoms with E-state index in [9.17, 15) is 8.78 Å². The zero-order valence-corrected chi connectivity index (χ0v) is 10.3. The highest BCUT2D eigenvalue weighted by molar-refractivity contribution is 5.28. The number of likely N-dealkylation sites (tertiary alicyclic amines) is 1. The van der Waals surface area contributed by atoms with Crippen LogP contribution in [0.25, 0.3) is 0 Å². The van der Waals surface area contributed by atoms with E-state index in [4.69, 9.17) is 0 Å². The molecule has 1 atom stereocenters. The third-order valence-corrected chi connectivity index (χ3v) is 3.74. The maximum Gasteiger partial charge on any atom is 0.159 e. The molecule has 0 saturated carbocycles. The largest absolute Gasteiger partial charge is 0.318 e. The number of halogens is 2. The first-order valence-corrected chi connectivity index (χ1v) is 5.91. The number of nitrogens with one attached hydrogen (secondary N) is 1. The second-order valence-corrected chi connectivity index (χ2v) is 4.72. The molecule has 0 aromatic heterocycles. The summed E-state index contributed by atoms with van der Waals surface area (Å²) in [5.74, 6) is -1.55. The fourth-order valence-corrected chi connectivity index (χ4v) is 2.78. The number of nitrogens with zero attached hydrogens (tertiary/aromatic N) is 1. The number of hydrogen-bond donors (Lipinski definition) is 1. The van der Waals surface area contributed by atoms with Gasteiger partial charge in [-0.1, -0.05) is 6.07 Å². The average molecular weight is 240 g/mol. The van der Waals surface area contributed by atoms with Crippen molar-refractivity contribution in [1.29, 1.82) is 0 Å². The lowest BCUT2D eigenvalue weighted by Crippen LogP contribution is -2.46. The van der Waals surface area contributed by atoms with Gasteiger partial charge in [0.15, 0.2) is 11.6 Å². The smallest absolute Gasteiger partial charge is 0.159 e. The second-order valence-electron chi connectivity index (χ2n) is 4.72. The Morgan fingerprint density at radius 3 is 2.65 bits per heavy atom. The summed E-state index contributed by atoms with van der Waals surface area (Å²) in [6, 6.07) is 4.24. The maximum absolute atomic E-state index is 13.4. The molecular weight excluding hydrogens is 222 g/mol. The maximum atomic E-state index is 13.4. The van der Waals surface area contributed by atoms with Gasteiger partial charge in [-0.05, 0) is 51.2 Å². The molecule has 1 aliphatic rings. The molecule has 2 rings (SSSR count). The van der Waals surface area contributed by atoms with Crippen molar-refractivity contribution < 1.29 is 8.78 Å². The van der Waals surface area contributed by atoms with Gasteiger partial charge in [0.2, 0.25) is 0 Å². The van der Waals surface area contributed by atoms with Crippen molar-refractivity contribution in [3.8, 4) is 0 Å². The van der Waals surface area contributed by atoms with Crippen molar-refractivity contribution in [2.45, 2.75) is 18.4 Å². The van der Waals surface area contributed by atoms with Crippen LogP contribution < -0.4 is 5.32 Å². The molecule has 0 bridgehead atoms. The normalized spacial score (nSPS) is 25.4. The lowest BCUT2D eigenvalue weighted by Gasteiger charge is -2.37. The number of hydrogen-bond acceptors (Lipinski definition) is 2. The van der Waals surface area contributed by atoms with Gasteiger partial charge in [0, 0.05) is 6.54 Å². The summed E-state index contributed by atoms with van der Waals surface area (Å²) in [7, 11) is 3.92. The monoisotopic (exact) mass is 240 g/mol. The summed E-state index contributed by atoms with van der Waals surface area (Å²) in [6.45, 7) is 1.73. The van der Waals surface area contributed by atoms with E-state index < -0.39 is 11.6 Å². The summed E-state index contributed by atoms with van der Waals surface area (Å²) >= 11 is 0. The van der Waals surface area contributed by atoms with Gasteiger partial charge in [-0.2, -0.15) is 0 Å². The first-order valence-electron chi connectivity index (χ1n) is 5.91. The van der Waals surface area contributed by atoms with Gasteiger partial charge in [-0.15, -0.1) is 0 Å². The fraction of sp³-hybridized carbons (Fsp3) is 0.538. The average Bonchev–Trinajstić information content (AvgIpc) is 2.66. The Morgan fingerprint density at radius 2 is 2.12 bits per heavy atom. The van der Waals surface area contributed by atoms with E-state index in [-0.39, 0.29) is 5.54 Å². The van der Waals surface area contributed by atoms with Gasteiger partial charge in [0.25, 0.3) is 0 Å². The second kappa shape index (κ2) is 4.70. The molecule has 1 aromatic carbocycles. The predicted octanol–water partition coefficient (Wildman–Crippen LogP) is 2.11. The van der Waals surface area contributed by atoms with Crippen LogP contribution in [0.1, 0.15) is 18.4 Å². The molecule has 0 amide bonds. The van der Waals surface area contributed by atoms with Crippen LogP contribution in [-0.4, -0.2) is 32.1 Å². The zero-order chi connectivity index (χ0) is 12.5. The Kier molecular flexibility index (Phi) is 3.45. The Balaban J connectivity index is 2.42. The minimum absolute atomic E-state index is 0.205. The van der Waals surface area contributed by atoms with Crippen molar-refractivity contribution in [3.63, 3.8) is 0 Å². The van der Waals surface area contributed by atoms with Gasteiger partial charge in [0.1, 0.15) is 0 Å². The fourth-order valence-electron chi connectivity index (χ4n) is 2.78. The molecular formula is C13H18F2N2. The molecule has 17 heavy (non-hydrogen) atoms. The van der Waals surface area contributed by atoms with Gasteiger partial charge < -0.3 is 5.32 Å². The minimum atomic E-state index is -0.783. The SMILES string of the molecule is CNCC1(c2ccc(F)c(F)c2)CCCN1C. The predicted molar refractivity (Wildman–Crippen MR) is 63.8 cm³/mol. The number of likely N-dealkylation sites (N-methyl/N-ethyl adjacent to an activating group) is 2. The molecule has 1 fully saturated rings. The van der Waals surface area contributed by atoms with E-state index in [2.05, 4.69) is 10.2 Å². The molecule has 4 heteroatoms. The highest BCUT2D eigenvalue weighted by Crippen LogP contribution is 2.37. The molecule has 1 unspecified atom stereocenters. The van der Waals surface area contributed by atoms with E-state index in [0.29, 0.717) is 0 Å². The quantitative estimate of drug-likeness (QED) is 0.870. The molecule has 1 aliphatic heterocycles. The molecule has 0 aliphatic carbocycles. The summed E-state index contributed by atoms with van der Waals surface area (Å²) in [5.41, 5.74) is 0.647. The molecule has 1 saturated heterocycles. The molecule has 0 radical (unpaired) electrons. The Morgan fingerprint density at radius 1 is 1.35 bits per heavy atom.